The minimum absolute atomic E-state index is 0.120. The van der Waals surface area contributed by atoms with Crippen molar-refractivity contribution in [1.82, 2.24) is 4.90 Å². The van der Waals surface area contributed by atoms with Crippen LogP contribution < -0.4 is 5.73 Å². The normalized spacial score (nSPS) is 16.8. The molecule has 0 radical (unpaired) electrons. The van der Waals surface area contributed by atoms with E-state index in [2.05, 4.69) is 0 Å². The Morgan fingerprint density at radius 3 is 1.94 bits per heavy atom. The van der Waals surface area contributed by atoms with E-state index in [9.17, 15) is 18.0 Å². The topological polar surface area (TPSA) is 104 Å². The van der Waals surface area contributed by atoms with Crippen LogP contribution in [-0.2, 0) is 9.59 Å². The highest BCUT2D eigenvalue weighted by Crippen LogP contribution is 2.13. The number of carbonyl (C=O) groups is 2. The van der Waals surface area contributed by atoms with Crippen LogP contribution >= 0.6 is 0 Å². The van der Waals surface area contributed by atoms with Gasteiger partial charge in [0.05, 0.1) is 6.61 Å². The molecule has 0 saturated carbocycles. The number of nitrogens with two attached hydrogens (primary N) is 1. The lowest BCUT2D eigenvalue weighted by Gasteiger charge is -2.18. The molecule has 0 aliphatic carbocycles. The first-order chi connectivity index (χ1) is 8.20. The van der Waals surface area contributed by atoms with Gasteiger partial charge in [-0.25, -0.2) is 4.79 Å². The van der Waals surface area contributed by atoms with Gasteiger partial charge in [0.15, 0.2) is 0 Å². The summed E-state index contributed by atoms with van der Waals surface area (Å²) in [6, 6.07) is -0.715. The predicted octanol–water partition coefficient (Wildman–Crippen LogP) is -0.438. The molecule has 0 aromatic carbocycles. The zero-order valence-electron chi connectivity index (χ0n) is 9.48. The van der Waals surface area contributed by atoms with Crippen molar-refractivity contribution >= 4 is 11.9 Å². The third kappa shape index (κ3) is 5.82. The molecule has 0 unspecified atom stereocenters. The van der Waals surface area contributed by atoms with Gasteiger partial charge in [-0.2, -0.15) is 13.2 Å². The molecule has 1 heterocycles. The molecule has 0 spiro atoms. The Balaban J connectivity index is 0.000000360. The molecule has 1 rings (SSSR count). The molecule has 106 valence electrons. The summed E-state index contributed by atoms with van der Waals surface area (Å²) >= 11 is 0. The van der Waals surface area contributed by atoms with Gasteiger partial charge >= 0.3 is 12.1 Å². The number of aliphatic hydroxyl groups is 1. The zero-order chi connectivity index (χ0) is 14.3. The molecule has 1 amide bonds. The lowest BCUT2D eigenvalue weighted by Crippen LogP contribution is -2.44. The van der Waals surface area contributed by atoms with Crippen LogP contribution in [0.15, 0.2) is 0 Å². The monoisotopic (exact) mass is 272 g/mol. The highest BCUT2D eigenvalue weighted by atomic mass is 19.4. The average Bonchev–Trinajstić information content (AvgIpc) is 2.80. The fraction of sp³-hybridized carbons (Fsp3) is 0.778. The van der Waals surface area contributed by atoms with Crippen LogP contribution in [0.4, 0.5) is 13.2 Å². The van der Waals surface area contributed by atoms with Gasteiger partial charge in [-0.15, -0.1) is 0 Å². The second-order valence-corrected chi connectivity index (χ2v) is 3.62. The van der Waals surface area contributed by atoms with E-state index in [1.807, 2.05) is 0 Å². The molecule has 9 heteroatoms. The number of carbonyl (C=O) groups excluding carboxylic acids is 1. The lowest BCUT2D eigenvalue weighted by molar-refractivity contribution is -0.192. The van der Waals surface area contributed by atoms with Crippen molar-refractivity contribution < 1.29 is 33.0 Å². The highest BCUT2D eigenvalue weighted by Gasteiger charge is 2.38. The van der Waals surface area contributed by atoms with Crippen molar-refractivity contribution in [3.63, 3.8) is 0 Å². The van der Waals surface area contributed by atoms with Crippen molar-refractivity contribution in [2.75, 3.05) is 19.7 Å². The molecular formula is C9H15F3N2O4. The summed E-state index contributed by atoms with van der Waals surface area (Å²) in [4.78, 5) is 21.8. The first-order valence-electron chi connectivity index (χ1n) is 5.15. The smallest absolute Gasteiger partial charge is 0.475 e. The maximum absolute atomic E-state index is 11.2. The molecule has 4 N–H and O–H groups in total. The summed E-state index contributed by atoms with van der Waals surface area (Å²) in [5, 5.41) is 15.7. The fourth-order valence-corrected chi connectivity index (χ4v) is 1.25. The molecule has 18 heavy (non-hydrogen) atoms. The molecule has 1 fully saturated rings. The average molecular weight is 272 g/mol. The molecule has 1 aliphatic heterocycles. The first kappa shape index (κ1) is 16.6. The van der Waals surface area contributed by atoms with Gasteiger partial charge in [0.1, 0.15) is 6.04 Å². The van der Waals surface area contributed by atoms with Crippen molar-refractivity contribution in [1.29, 1.82) is 0 Å². The minimum atomic E-state index is -5.08. The van der Waals surface area contributed by atoms with Crippen molar-refractivity contribution in [2.24, 2.45) is 5.73 Å². The van der Waals surface area contributed by atoms with Crippen molar-refractivity contribution in [3.05, 3.63) is 0 Å². The largest absolute Gasteiger partial charge is 0.490 e. The minimum Gasteiger partial charge on any atom is -0.475 e. The standard InChI is InChI=1S/C7H14N2O2.C2HF3O2/c8-6(5-10)7(11)9-3-1-2-4-9;3-2(4,5)1(6)7/h6,10H,1-5,8H2;(H,6,7)/t6-;/m0./s1. The molecule has 1 atom stereocenters. The van der Waals surface area contributed by atoms with E-state index in [-0.39, 0.29) is 12.5 Å². The van der Waals surface area contributed by atoms with Crippen molar-refractivity contribution in [3.8, 4) is 0 Å². The van der Waals surface area contributed by atoms with Crippen LogP contribution in [-0.4, -0.2) is 58.9 Å². The zero-order valence-corrected chi connectivity index (χ0v) is 9.48. The van der Waals surface area contributed by atoms with Gasteiger partial charge in [0.2, 0.25) is 5.91 Å². The Hall–Kier alpha value is -1.35. The number of amides is 1. The number of aliphatic hydroxyl groups excluding tert-OH is 1. The summed E-state index contributed by atoms with van der Waals surface area (Å²) < 4.78 is 31.7. The summed E-state index contributed by atoms with van der Waals surface area (Å²) in [7, 11) is 0. The maximum Gasteiger partial charge on any atom is 0.490 e. The number of likely N-dealkylation sites (tertiary alicyclic amines) is 1. The molecular weight excluding hydrogens is 257 g/mol. The van der Waals surface area contributed by atoms with E-state index in [0.717, 1.165) is 25.9 Å². The summed E-state index contributed by atoms with van der Waals surface area (Å²) in [5.41, 5.74) is 5.36. The fourth-order valence-electron chi connectivity index (χ4n) is 1.25. The second kappa shape index (κ2) is 7.17. The van der Waals surface area contributed by atoms with Crippen LogP contribution in [0.5, 0.6) is 0 Å². The Bertz CT molecular complexity index is 290. The number of rotatable bonds is 2. The van der Waals surface area contributed by atoms with Gasteiger partial charge in [-0.3, -0.25) is 4.79 Å². The number of halogens is 3. The van der Waals surface area contributed by atoms with E-state index >= 15 is 0 Å². The number of nitrogens with zero attached hydrogens (tertiary/aromatic N) is 1. The predicted molar refractivity (Wildman–Crippen MR) is 54.6 cm³/mol. The molecule has 0 bridgehead atoms. The van der Waals surface area contributed by atoms with Crippen LogP contribution in [0.2, 0.25) is 0 Å². The van der Waals surface area contributed by atoms with Crippen LogP contribution in [0, 0.1) is 0 Å². The van der Waals surface area contributed by atoms with Crippen molar-refractivity contribution in [2.45, 2.75) is 25.1 Å². The Labute approximate surface area is 101 Å². The summed E-state index contributed by atoms with van der Waals surface area (Å²) in [6.45, 7) is 1.34. The number of hydrogen-bond acceptors (Lipinski definition) is 4. The third-order valence-corrected chi connectivity index (χ3v) is 2.17. The Kier molecular flexibility index (Phi) is 6.63. The number of carboxylic acid groups (broad SMARTS) is 1. The molecule has 1 saturated heterocycles. The molecule has 6 nitrogen and oxygen atoms in total. The second-order valence-electron chi connectivity index (χ2n) is 3.62. The van der Waals surface area contributed by atoms with E-state index < -0.39 is 18.2 Å². The van der Waals surface area contributed by atoms with Gasteiger partial charge in [0.25, 0.3) is 0 Å². The van der Waals surface area contributed by atoms with E-state index in [1.165, 1.54) is 0 Å². The molecule has 0 aromatic rings. The van der Waals surface area contributed by atoms with E-state index in [4.69, 9.17) is 20.7 Å². The molecule has 1 aliphatic rings. The van der Waals surface area contributed by atoms with Gasteiger partial charge in [0, 0.05) is 13.1 Å². The Morgan fingerprint density at radius 2 is 1.67 bits per heavy atom. The van der Waals surface area contributed by atoms with Gasteiger partial charge < -0.3 is 20.8 Å². The van der Waals surface area contributed by atoms with Crippen LogP contribution in [0.3, 0.4) is 0 Å². The number of hydrogen-bond donors (Lipinski definition) is 3. The van der Waals surface area contributed by atoms with E-state index in [0.29, 0.717) is 0 Å². The van der Waals surface area contributed by atoms with E-state index in [1.54, 1.807) is 4.90 Å². The number of carboxylic acids is 1. The first-order valence-corrected chi connectivity index (χ1v) is 5.15. The number of alkyl halides is 3. The Morgan fingerprint density at radius 1 is 1.28 bits per heavy atom. The number of aliphatic carboxylic acids is 1. The maximum atomic E-state index is 11.2. The SMILES string of the molecule is N[C@@H](CO)C(=O)N1CCCC1.O=C(O)C(F)(F)F. The molecule has 0 aromatic heterocycles. The third-order valence-electron chi connectivity index (χ3n) is 2.17. The van der Waals surface area contributed by atoms with Crippen LogP contribution in [0.25, 0.3) is 0 Å². The highest BCUT2D eigenvalue weighted by molar-refractivity contribution is 5.81. The lowest BCUT2D eigenvalue weighted by atomic mass is 10.3. The quantitative estimate of drug-likeness (QED) is 0.632. The van der Waals surface area contributed by atoms with Gasteiger partial charge in [-0.05, 0) is 12.8 Å². The summed E-state index contributed by atoms with van der Waals surface area (Å²) in [5.74, 6) is -2.88. The van der Waals surface area contributed by atoms with Gasteiger partial charge in [-0.1, -0.05) is 0 Å². The van der Waals surface area contributed by atoms with Crippen LogP contribution in [0.1, 0.15) is 12.8 Å². The summed E-state index contributed by atoms with van der Waals surface area (Å²) in [6.07, 6.45) is -2.96.